The fraction of sp³-hybridized carbons (Fsp3) is 0.417. The molecule has 0 saturated heterocycles. The van der Waals surface area contributed by atoms with Gasteiger partial charge in [-0.05, 0) is 44.5 Å². The molecule has 0 fully saturated rings. The molecule has 0 aromatic heterocycles. The molecular weight excluding hydrogens is 174 g/mol. The molecule has 14 heavy (non-hydrogen) atoms. The van der Waals surface area contributed by atoms with Crippen molar-refractivity contribution in [3.05, 3.63) is 29.3 Å². The van der Waals surface area contributed by atoms with E-state index in [9.17, 15) is 4.79 Å². The Morgan fingerprint density at radius 1 is 1.36 bits per heavy atom. The first-order chi connectivity index (χ1) is 6.56. The Balaban J connectivity index is 3.05. The van der Waals surface area contributed by atoms with Crippen LogP contribution in [-0.2, 0) is 0 Å². The molecule has 2 nitrogen and oxygen atoms in total. The Hall–Kier alpha value is -1.31. The number of hydrogen-bond donors (Lipinski definition) is 0. The van der Waals surface area contributed by atoms with Crippen LogP contribution in [0.1, 0.15) is 29.8 Å². The van der Waals surface area contributed by atoms with Crippen LogP contribution in [0.2, 0.25) is 0 Å². The Morgan fingerprint density at radius 2 is 2.00 bits per heavy atom. The van der Waals surface area contributed by atoms with E-state index in [1.165, 1.54) is 5.69 Å². The number of carbonyl (C=O) groups is 1. The fourth-order valence-corrected chi connectivity index (χ4v) is 1.43. The average Bonchev–Trinajstić information content (AvgIpc) is 2.16. The second kappa shape index (κ2) is 4.27. The first-order valence-electron chi connectivity index (χ1n) is 4.85. The largest absolute Gasteiger partial charge is 0.372 e. The van der Waals surface area contributed by atoms with Gasteiger partial charge in [0.1, 0.15) is 6.29 Å². The van der Waals surface area contributed by atoms with Crippen molar-refractivity contribution in [1.82, 2.24) is 0 Å². The number of rotatable bonds is 3. The van der Waals surface area contributed by atoms with Crippen molar-refractivity contribution in [3.63, 3.8) is 0 Å². The Kier molecular flexibility index (Phi) is 3.28. The number of anilines is 1. The number of aldehydes is 1. The molecule has 1 rings (SSSR count). The first kappa shape index (κ1) is 10.8. The van der Waals surface area contributed by atoms with Crippen LogP contribution < -0.4 is 4.90 Å². The second-order valence-electron chi connectivity index (χ2n) is 3.87. The molecule has 0 radical (unpaired) electrons. The zero-order chi connectivity index (χ0) is 10.7. The van der Waals surface area contributed by atoms with Gasteiger partial charge in [0.2, 0.25) is 0 Å². The van der Waals surface area contributed by atoms with Crippen molar-refractivity contribution in [2.24, 2.45) is 0 Å². The lowest BCUT2D eigenvalue weighted by molar-refractivity contribution is 0.112. The zero-order valence-corrected chi connectivity index (χ0v) is 9.24. The molecule has 0 aliphatic carbocycles. The van der Waals surface area contributed by atoms with E-state index < -0.39 is 0 Å². The quantitative estimate of drug-likeness (QED) is 0.684. The van der Waals surface area contributed by atoms with Gasteiger partial charge in [-0.25, -0.2) is 0 Å². The molecular formula is C12H17NO. The second-order valence-corrected chi connectivity index (χ2v) is 3.87. The number of aryl methyl sites for hydroxylation is 1. The molecule has 0 bridgehead atoms. The summed E-state index contributed by atoms with van der Waals surface area (Å²) in [6.45, 7) is 6.32. The van der Waals surface area contributed by atoms with Crippen LogP contribution in [0.25, 0.3) is 0 Å². The third-order valence-electron chi connectivity index (χ3n) is 2.51. The molecule has 0 amide bonds. The van der Waals surface area contributed by atoms with E-state index >= 15 is 0 Å². The van der Waals surface area contributed by atoms with Crippen molar-refractivity contribution < 1.29 is 4.79 Å². The van der Waals surface area contributed by atoms with Gasteiger partial charge < -0.3 is 4.90 Å². The van der Waals surface area contributed by atoms with Crippen LogP contribution in [0.15, 0.2) is 18.2 Å². The smallest absolute Gasteiger partial charge is 0.150 e. The van der Waals surface area contributed by atoms with Crippen LogP contribution >= 0.6 is 0 Å². The summed E-state index contributed by atoms with van der Waals surface area (Å²) < 4.78 is 0. The van der Waals surface area contributed by atoms with Crippen molar-refractivity contribution >= 4 is 12.0 Å². The Labute approximate surface area is 85.5 Å². The predicted octanol–water partition coefficient (Wildman–Crippen LogP) is 2.65. The van der Waals surface area contributed by atoms with Gasteiger partial charge in [0.15, 0.2) is 0 Å². The van der Waals surface area contributed by atoms with E-state index in [0.717, 1.165) is 17.4 Å². The summed E-state index contributed by atoms with van der Waals surface area (Å²) in [5.41, 5.74) is 3.07. The van der Waals surface area contributed by atoms with Crippen LogP contribution in [0.4, 0.5) is 5.69 Å². The van der Waals surface area contributed by atoms with Gasteiger partial charge in [-0.15, -0.1) is 0 Å². The van der Waals surface area contributed by atoms with Crippen LogP contribution in [-0.4, -0.2) is 19.4 Å². The van der Waals surface area contributed by atoms with E-state index in [0.29, 0.717) is 6.04 Å². The highest BCUT2D eigenvalue weighted by Crippen LogP contribution is 2.21. The van der Waals surface area contributed by atoms with E-state index in [4.69, 9.17) is 0 Å². The Morgan fingerprint density at radius 3 is 2.43 bits per heavy atom. The molecule has 0 atom stereocenters. The topological polar surface area (TPSA) is 20.3 Å². The third-order valence-corrected chi connectivity index (χ3v) is 2.51. The van der Waals surface area contributed by atoms with E-state index in [1.807, 2.05) is 25.1 Å². The zero-order valence-electron chi connectivity index (χ0n) is 9.24. The minimum absolute atomic E-state index is 0.468. The summed E-state index contributed by atoms with van der Waals surface area (Å²) >= 11 is 0. The van der Waals surface area contributed by atoms with E-state index in [1.54, 1.807) is 0 Å². The average molecular weight is 191 g/mol. The molecule has 2 heteroatoms. The first-order valence-corrected chi connectivity index (χ1v) is 4.85. The molecule has 0 heterocycles. The summed E-state index contributed by atoms with van der Waals surface area (Å²) in [5.74, 6) is 0. The number of hydrogen-bond acceptors (Lipinski definition) is 2. The fourth-order valence-electron chi connectivity index (χ4n) is 1.43. The molecule has 1 aromatic carbocycles. The van der Waals surface area contributed by atoms with Gasteiger partial charge in [0.25, 0.3) is 0 Å². The van der Waals surface area contributed by atoms with Crippen molar-refractivity contribution in [2.75, 3.05) is 11.9 Å². The number of nitrogens with zero attached hydrogens (tertiary/aromatic N) is 1. The van der Waals surface area contributed by atoms with E-state index in [2.05, 4.69) is 25.8 Å². The lowest BCUT2D eigenvalue weighted by Gasteiger charge is -2.25. The maximum atomic E-state index is 10.6. The highest BCUT2D eigenvalue weighted by molar-refractivity contribution is 5.76. The number of carbonyl (C=O) groups excluding carboxylic acids is 1. The van der Waals surface area contributed by atoms with Gasteiger partial charge >= 0.3 is 0 Å². The molecule has 0 spiro atoms. The summed E-state index contributed by atoms with van der Waals surface area (Å²) in [5, 5.41) is 0. The molecule has 1 aromatic rings. The summed E-state index contributed by atoms with van der Waals surface area (Å²) in [6, 6.07) is 6.24. The van der Waals surface area contributed by atoms with Crippen molar-refractivity contribution in [3.8, 4) is 0 Å². The van der Waals surface area contributed by atoms with Gasteiger partial charge in [-0.1, -0.05) is 0 Å². The van der Waals surface area contributed by atoms with Crippen LogP contribution in [0, 0.1) is 6.92 Å². The summed E-state index contributed by atoms with van der Waals surface area (Å²) in [7, 11) is 2.06. The van der Waals surface area contributed by atoms with Crippen LogP contribution in [0.5, 0.6) is 0 Å². The van der Waals surface area contributed by atoms with Crippen molar-refractivity contribution in [1.29, 1.82) is 0 Å². The third kappa shape index (κ3) is 2.13. The molecule has 0 unspecified atom stereocenters. The summed E-state index contributed by atoms with van der Waals surface area (Å²) in [4.78, 5) is 12.8. The standard InChI is InChI=1S/C12H17NO/c1-9(2)13(4)12-6-5-11(8-14)7-10(12)3/h5-9H,1-4H3. The minimum atomic E-state index is 0.468. The number of benzene rings is 1. The normalized spacial score (nSPS) is 10.4. The molecule has 0 aliphatic heterocycles. The molecule has 0 N–H and O–H groups in total. The summed E-state index contributed by atoms with van der Waals surface area (Å²) in [6.07, 6.45) is 0.881. The molecule has 0 aliphatic rings. The van der Waals surface area contributed by atoms with E-state index in [-0.39, 0.29) is 0 Å². The maximum Gasteiger partial charge on any atom is 0.150 e. The van der Waals surface area contributed by atoms with Gasteiger partial charge in [0, 0.05) is 24.3 Å². The molecule has 0 saturated carbocycles. The van der Waals surface area contributed by atoms with Gasteiger partial charge in [0.05, 0.1) is 0 Å². The Bertz CT molecular complexity index is 331. The monoisotopic (exact) mass is 191 g/mol. The minimum Gasteiger partial charge on any atom is -0.372 e. The maximum absolute atomic E-state index is 10.6. The highest BCUT2D eigenvalue weighted by Gasteiger charge is 2.07. The lowest BCUT2D eigenvalue weighted by Crippen LogP contribution is -2.26. The van der Waals surface area contributed by atoms with Crippen molar-refractivity contribution in [2.45, 2.75) is 26.8 Å². The van der Waals surface area contributed by atoms with Gasteiger partial charge in [-0.3, -0.25) is 4.79 Å². The SMILES string of the molecule is Cc1cc(C=O)ccc1N(C)C(C)C. The van der Waals surface area contributed by atoms with Crippen LogP contribution in [0.3, 0.4) is 0 Å². The highest BCUT2D eigenvalue weighted by atomic mass is 16.1. The lowest BCUT2D eigenvalue weighted by atomic mass is 10.1. The molecule has 76 valence electrons. The predicted molar refractivity (Wildman–Crippen MR) is 60.1 cm³/mol. The van der Waals surface area contributed by atoms with Gasteiger partial charge in [-0.2, -0.15) is 0 Å².